The highest BCUT2D eigenvalue weighted by Gasteiger charge is 2.41. The highest BCUT2D eigenvalue weighted by Crippen LogP contribution is 2.40. The van der Waals surface area contributed by atoms with Crippen LogP contribution in [0.1, 0.15) is 35.5 Å². The Bertz CT molecular complexity index is 1370. The van der Waals surface area contributed by atoms with Crippen molar-refractivity contribution in [2.45, 2.75) is 25.4 Å². The molecule has 1 aliphatic rings. The summed E-state index contributed by atoms with van der Waals surface area (Å²) >= 11 is 5.68. The van der Waals surface area contributed by atoms with E-state index in [0.29, 0.717) is 23.2 Å². The summed E-state index contributed by atoms with van der Waals surface area (Å²) in [5, 5.41) is 6.87. The van der Waals surface area contributed by atoms with E-state index >= 15 is 0 Å². The van der Waals surface area contributed by atoms with Crippen molar-refractivity contribution < 1.29 is 13.6 Å². The van der Waals surface area contributed by atoms with Crippen LogP contribution in [-0.2, 0) is 4.79 Å². The van der Waals surface area contributed by atoms with Gasteiger partial charge in [0, 0.05) is 30.4 Å². The number of para-hydroxylation sites is 1. The fourth-order valence-corrected chi connectivity index (χ4v) is 4.72. The van der Waals surface area contributed by atoms with Crippen LogP contribution in [0.5, 0.6) is 0 Å². The van der Waals surface area contributed by atoms with Gasteiger partial charge in [-0.05, 0) is 79.3 Å². The van der Waals surface area contributed by atoms with Crippen LogP contribution in [0.15, 0.2) is 89.5 Å². The van der Waals surface area contributed by atoms with Crippen molar-refractivity contribution in [2.24, 2.45) is 0 Å². The number of carbonyl (C=O) groups is 1. The summed E-state index contributed by atoms with van der Waals surface area (Å²) < 4.78 is 19.6. The Morgan fingerprint density at radius 1 is 1.08 bits per heavy atom. The molecule has 4 aromatic rings. The molecular weight excluding hydrogens is 475 g/mol. The lowest BCUT2D eigenvalue weighted by molar-refractivity contribution is -0.116. The number of amides is 1. The van der Waals surface area contributed by atoms with Crippen molar-refractivity contribution >= 4 is 28.9 Å². The molecule has 0 bridgehead atoms. The summed E-state index contributed by atoms with van der Waals surface area (Å²) in [7, 11) is 0. The number of halogens is 1. The number of pyridine rings is 1. The first-order chi connectivity index (χ1) is 17.5. The molecule has 1 amide bonds. The van der Waals surface area contributed by atoms with Crippen molar-refractivity contribution in [3.8, 4) is 11.3 Å². The second-order valence-corrected chi connectivity index (χ2v) is 9.03. The summed E-state index contributed by atoms with van der Waals surface area (Å²) in [5.74, 6) is 0.899. The summed E-state index contributed by atoms with van der Waals surface area (Å²) in [6.45, 7) is 2.35. The molecule has 1 fully saturated rings. The number of furan rings is 1. The maximum atomic E-state index is 13.4. The fourth-order valence-electron chi connectivity index (χ4n) is 4.38. The minimum atomic E-state index is -0.312. The van der Waals surface area contributed by atoms with Gasteiger partial charge in [0.05, 0.1) is 11.7 Å². The molecule has 6 nitrogen and oxygen atoms in total. The van der Waals surface area contributed by atoms with Gasteiger partial charge < -0.3 is 20.0 Å². The van der Waals surface area contributed by atoms with Crippen LogP contribution >= 0.6 is 12.2 Å². The number of hydrogen-bond donors (Lipinski definition) is 2. The predicted octanol–water partition coefficient (Wildman–Crippen LogP) is 5.79. The lowest BCUT2D eigenvalue weighted by Crippen LogP contribution is -2.32. The Morgan fingerprint density at radius 3 is 2.61 bits per heavy atom. The Hall–Kier alpha value is -4.04. The summed E-state index contributed by atoms with van der Waals surface area (Å²) in [6, 6.07) is 22.7. The van der Waals surface area contributed by atoms with Crippen molar-refractivity contribution in [3.63, 3.8) is 0 Å². The first kappa shape index (κ1) is 23.7. The highest BCUT2D eigenvalue weighted by molar-refractivity contribution is 7.80. The zero-order chi connectivity index (χ0) is 25.1. The van der Waals surface area contributed by atoms with Crippen LogP contribution in [0.4, 0.5) is 10.1 Å². The molecular formula is C28H25FN4O2S. The smallest absolute Gasteiger partial charge is 0.226 e. The van der Waals surface area contributed by atoms with E-state index in [1.807, 2.05) is 66.4 Å². The normalized spacial score (nSPS) is 17.2. The number of anilines is 1. The molecule has 0 spiro atoms. The quantitative estimate of drug-likeness (QED) is 0.313. The molecule has 0 unspecified atom stereocenters. The predicted molar refractivity (Wildman–Crippen MR) is 141 cm³/mol. The number of nitrogens with one attached hydrogen (secondary N) is 2. The Balaban J connectivity index is 1.40. The molecule has 2 aromatic heterocycles. The van der Waals surface area contributed by atoms with E-state index in [9.17, 15) is 9.18 Å². The average molecular weight is 501 g/mol. The first-order valence-corrected chi connectivity index (χ1v) is 12.1. The standard InChI is InChI=1S/C28H25FN4O2S/c1-18-6-2-3-7-21(18)31-25(34)15-17-33-27(26(32-28(33)36)22-8-4-5-16-30-22)24-14-13-23(35-24)19-9-11-20(29)12-10-19/h2-14,16,26-27H,15,17H2,1H3,(H,31,34)(H,32,36)/t26-,27+/m0/s1. The van der Waals surface area contributed by atoms with Crippen LogP contribution < -0.4 is 10.6 Å². The monoisotopic (exact) mass is 500 g/mol. The van der Waals surface area contributed by atoms with Gasteiger partial charge in [0.15, 0.2) is 5.11 Å². The maximum absolute atomic E-state index is 13.4. The van der Waals surface area contributed by atoms with E-state index in [1.165, 1.54) is 12.1 Å². The second kappa shape index (κ2) is 10.3. The molecule has 0 radical (unpaired) electrons. The molecule has 3 heterocycles. The first-order valence-electron chi connectivity index (χ1n) is 11.7. The van der Waals surface area contributed by atoms with Gasteiger partial charge in [0.25, 0.3) is 0 Å². The van der Waals surface area contributed by atoms with Gasteiger partial charge in [-0.1, -0.05) is 24.3 Å². The van der Waals surface area contributed by atoms with Crippen LogP contribution in [0, 0.1) is 12.7 Å². The molecule has 2 atom stereocenters. The van der Waals surface area contributed by atoms with Crippen molar-refractivity contribution in [1.82, 2.24) is 15.2 Å². The molecule has 2 N–H and O–H groups in total. The van der Waals surface area contributed by atoms with Crippen LogP contribution in [-0.4, -0.2) is 27.4 Å². The van der Waals surface area contributed by atoms with E-state index in [4.69, 9.17) is 16.6 Å². The van der Waals surface area contributed by atoms with Crippen molar-refractivity contribution in [3.05, 3.63) is 108 Å². The number of aromatic nitrogens is 1. The topological polar surface area (TPSA) is 70.4 Å². The van der Waals surface area contributed by atoms with E-state index < -0.39 is 0 Å². The Labute approximate surface area is 214 Å². The third kappa shape index (κ3) is 4.99. The molecule has 1 saturated heterocycles. The number of rotatable bonds is 7. The lowest BCUT2D eigenvalue weighted by atomic mass is 10.0. The lowest BCUT2D eigenvalue weighted by Gasteiger charge is -2.26. The molecule has 5 rings (SSSR count). The van der Waals surface area contributed by atoms with E-state index in [0.717, 1.165) is 22.5 Å². The fraction of sp³-hybridized carbons (Fsp3) is 0.179. The van der Waals surface area contributed by atoms with Crippen LogP contribution in [0.2, 0.25) is 0 Å². The summed E-state index contributed by atoms with van der Waals surface area (Å²) in [4.78, 5) is 19.3. The van der Waals surface area contributed by atoms with Gasteiger partial charge in [0.1, 0.15) is 23.4 Å². The van der Waals surface area contributed by atoms with E-state index in [-0.39, 0.29) is 30.2 Å². The van der Waals surface area contributed by atoms with Gasteiger partial charge in [-0.2, -0.15) is 0 Å². The minimum Gasteiger partial charge on any atom is -0.459 e. The third-order valence-electron chi connectivity index (χ3n) is 6.24. The number of thiocarbonyl (C=S) groups is 1. The van der Waals surface area contributed by atoms with Crippen molar-refractivity contribution in [2.75, 3.05) is 11.9 Å². The highest BCUT2D eigenvalue weighted by atomic mass is 32.1. The van der Waals surface area contributed by atoms with Crippen LogP contribution in [0.3, 0.4) is 0 Å². The SMILES string of the molecule is Cc1ccccc1NC(=O)CCN1C(=S)N[C@@H](c2ccccn2)[C@H]1c1ccc(-c2ccc(F)cc2)o1. The molecule has 2 aromatic carbocycles. The molecule has 0 aliphatic carbocycles. The maximum Gasteiger partial charge on any atom is 0.226 e. The van der Waals surface area contributed by atoms with Crippen molar-refractivity contribution in [1.29, 1.82) is 0 Å². The van der Waals surface area contributed by atoms with E-state index in [1.54, 1.807) is 18.3 Å². The summed E-state index contributed by atoms with van der Waals surface area (Å²) in [5.41, 5.74) is 3.38. The zero-order valence-corrected chi connectivity index (χ0v) is 20.5. The van der Waals surface area contributed by atoms with E-state index in [2.05, 4.69) is 15.6 Å². The molecule has 8 heteroatoms. The molecule has 36 heavy (non-hydrogen) atoms. The molecule has 0 saturated carbocycles. The largest absolute Gasteiger partial charge is 0.459 e. The summed E-state index contributed by atoms with van der Waals surface area (Å²) in [6.07, 6.45) is 1.98. The Kier molecular flexibility index (Phi) is 6.77. The number of benzene rings is 2. The third-order valence-corrected chi connectivity index (χ3v) is 6.60. The molecule has 182 valence electrons. The average Bonchev–Trinajstić information content (AvgIpc) is 3.50. The van der Waals surface area contributed by atoms with Gasteiger partial charge >= 0.3 is 0 Å². The number of hydrogen-bond acceptors (Lipinski definition) is 4. The van der Waals surface area contributed by atoms with Gasteiger partial charge in [-0.25, -0.2) is 4.39 Å². The second-order valence-electron chi connectivity index (χ2n) is 8.64. The zero-order valence-electron chi connectivity index (χ0n) is 19.6. The van der Waals surface area contributed by atoms with Crippen LogP contribution in [0.25, 0.3) is 11.3 Å². The number of aryl methyl sites for hydroxylation is 1. The number of nitrogens with zero attached hydrogens (tertiary/aromatic N) is 2. The minimum absolute atomic E-state index is 0.0985. The van der Waals surface area contributed by atoms with Gasteiger partial charge in [-0.15, -0.1) is 0 Å². The molecule has 1 aliphatic heterocycles. The number of carbonyl (C=O) groups excluding carboxylic acids is 1. The van der Waals surface area contributed by atoms with Gasteiger partial charge in [0.2, 0.25) is 5.91 Å². The van der Waals surface area contributed by atoms with Gasteiger partial charge in [-0.3, -0.25) is 9.78 Å². The Morgan fingerprint density at radius 2 is 1.86 bits per heavy atom.